The highest BCUT2D eigenvalue weighted by Gasteiger charge is 2.20. The van der Waals surface area contributed by atoms with Gasteiger partial charge in [0.25, 0.3) is 0 Å². The maximum absolute atomic E-state index is 11.8. The third-order valence-corrected chi connectivity index (χ3v) is 3.27. The molecule has 0 aromatic heterocycles. The number of aryl methyl sites for hydroxylation is 1. The van der Waals surface area contributed by atoms with Crippen molar-refractivity contribution in [3.05, 3.63) is 23.8 Å². The molecule has 0 unspecified atom stereocenters. The highest BCUT2D eigenvalue weighted by molar-refractivity contribution is 5.91. The van der Waals surface area contributed by atoms with Gasteiger partial charge in [-0.15, -0.1) is 0 Å². The Kier molecular flexibility index (Phi) is 4.80. The van der Waals surface area contributed by atoms with Crippen molar-refractivity contribution in [1.29, 1.82) is 0 Å². The first-order valence-corrected chi connectivity index (χ1v) is 6.89. The number of hydrogen-bond acceptors (Lipinski definition) is 3. The molecule has 1 aromatic carbocycles. The first-order valence-electron chi connectivity index (χ1n) is 6.89. The summed E-state index contributed by atoms with van der Waals surface area (Å²) in [6.45, 7) is 3.47. The minimum Gasteiger partial charge on any atom is -0.399 e. The summed E-state index contributed by atoms with van der Waals surface area (Å²) in [7, 11) is 0. The van der Waals surface area contributed by atoms with E-state index in [2.05, 4.69) is 5.32 Å². The molecule has 4 heteroatoms. The average Bonchev–Trinajstić information content (AvgIpc) is 3.16. The Labute approximate surface area is 114 Å². The molecule has 2 rings (SSSR count). The molecule has 1 aromatic rings. The topological polar surface area (TPSA) is 64.3 Å². The summed E-state index contributed by atoms with van der Waals surface area (Å²) < 4.78 is 5.50. The Morgan fingerprint density at radius 1 is 1.47 bits per heavy atom. The van der Waals surface area contributed by atoms with Gasteiger partial charge in [-0.25, -0.2) is 0 Å². The van der Waals surface area contributed by atoms with Gasteiger partial charge in [-0.3, -0.25) is 4.79 Å². The second-order valence-corrected chi connectivity index (χ2v) is 5.24. The third-order valence-electron chi connectivity index (χ3n) is 3.27. The zero-order chi connectivity index (χ0) is 13.7. The summed E-state index contributed by atoms with van der Waals surface area (Å²) in [6, 6.07) is 5.49. The van der Waals surface area contributed by atoms with E-state index in [4.69, 9.17) is 10.5 Å². The molecule has 0 bridgehead atoms. The molecule has 0 saturated heterocycles. The molecule has 1 aliphatic carbocycles. The van der Waals surface area contributed by atoms with E-state index < -0.39 is 0 Å². The number of ether oxygens (including phenoxy) is 1. The van der Waals surface area contributed by atoms with Crippen LogP contribution in [-0.4, -0.2) is 19.1 Å². The van der Waals surface area contributed by atoms with Crippen LogP contribution in [0.2, 0.25) is 0 Å². The maximum Gasteiger partial charge on any atom is 0.224 e. The van der Waals surface area contributed by atoms with Gasteiger partial charge in [-0.2, -0.15) is 0 Å². The van der Waals surface area contributed by atoms with E-state index in [0.29, 0.717) is 18.7 Å². The molecule has 0 heterocycles. The number of nitrogen functional groups attached to an aromatic ring is 1. The van der Waals surface area contributed by atoms with Crippen molar-refractivity contribution in [3.63, 3.8) is 0 Å². The van der Waals surface area contributed by atoms with Crippen molar-refractivity contribution in [2.45, 2.75) is 32.6 Å². The number of anilines is 2. The number of amides is 1. The van der Waals surface area contributed by atoms with Crippen molar-refractivity contribution in [3.8, 4) is 0 Å². The molecule has 1 aliphatic rings. The van der Waals surface area contributed by atoms with Crippen LogP contribution >= 0.6 is 0 Å². The molecule has 3 N–H and O–H groups in total. The minimum atomic E-state index is 0.0305. The van der Waals surface area contributed by atoms with Gasteiger partial charge in [0, 0.05) is 31.0 Å². The first-order chi connectivity index (χ1) is 9.15. The number of benzene rings is 1. The van der Waals surface area contributed by atoms with Gasteiger partial charge in [0.2, 0.25) is 5.91 Å². The normalized spacial score (nSPS) is 14.4. The molecule has 19 heavy (non-hydrogen) atoms. The van der Waals surface area contributed by atoms with E-state index in [0.717, 1.165) is 30.2 Å². The fraction of sp³-hybridized carbons (Fsp3) is 0.533. The lowest BCUT2D eigenvalue weighted by atomic mass is 10.1. The number of carbonyl (C=O) groups is 1. The van der Waals surface area contributed by atoms with E-state index in [1.165, 1.54) is 12.8 Å². The lowest BCUT2D eigenvalue weighted by Crippen LogP contribution is -2.13. The van der Waals surface area contributed by atoms with Crippen LogP contribution in [0.4, 0.5) is 11.4 Å². The second kappa shape index (κ2) is 6.57. The summed E-state index contributed by atoms with van der Waals surface area (Å²) in [5.41, 5.74) is 8.20. The van der Waals surface area contributed by atoms with Crippen LogP contribution in [0.1, 0.15) is 31.2 Å². The monoisotopic (exact) mass is 262 g/mol. The van der Waals surface area contributed by atoms with Gasteiger partial charge in [0.15, 0.2) is 0 Å². The number of carbonyl (C=O) groups excluding carboxylic acids is 1. The van der Waals surface area contributed by atoms with Gasteiger partial charge in [0.05, 0.1) is 0 Å². The molecule has 0 atom stereocenters. The fourth-order valence-electron chi connectivity index (χ4n) is 1.91. The van der Waals surface area contributed by atoms with Gasteiger partial charge in [0.1, 0.15) is 0 Å². The van der Waals surface area contributed by atoms with Crippen LogP contribution in [0.25, 0.3) is 0 Å². The lowest BCUT2D eigenvalue weighted by molar-refractivity contribution is -0.116. The van der Waals surface area contributed by atoms with Crippen molar-refractivity contribution in [1.82, 2.24) is 0 Å². The van der Waals surface area contributed by atoms with E-state index in [1.54, 1.807) is 6.07 Å². The molecule has 0 radical (unpaired) electrons. The van der Waals surface area contributed by atoms with Crippen LogP contribution in [0, 0.1) is 12.8 Å². The Balaban J connectivity index is 1.65. The van der Waals surface area contributed by atoms with Crippen molar-refractivity contribution in [2.75, 3.05) is 24.3 Å². The zero-order valence-corrected chi connectivity index (χ0v) is 11.4. The molecule has 0 spiro atoms. The van der Waals surface area contributed by atoms with E-state index in [-0.39, 0.29) is 5.91 Å². The van der Waals surface area contributed by atoms with Crippen molar-refractivity contribution in [2.24, 2.45) is 5.92 Å². The molecule has 4 nitrogen and oxygen atoms in total. The van der Waals surface area contributed by atoms with Crippen LogP contribution in [0.3, 0.4) is 0 Å². The SMILES string of the molecule is Cc1cc(N)ccc1NC(=O)CCCOCC1CC1. The number of nitrogens with one attached hydrogen (secondary N) is 1. The molecule has 1 amide bonds. The average molecular weight is 262 g/mol. The second-order valence-electron chi connectivity index (χ2n) is 5.24. The smallest absolute Gasteiger partial charge is 0.224 e. The number of nitrogens with two attached hydrogens (primary N) is 1. The number of hydrogen-bond donors (Lipinski definition) is 2. The van der Waals surface area contributed by atoms with Gasteiger partial charge in [-0.05, 0) is 55.9 Å². The van der Waals surface area contributed by atoms with Gasteiger partial charge < -0.3 is 15.8 Å². The minimum absolute atomic E-state index is 0.0305. The first kappa shape index (κ1) is 13.9. The Morgan fingerprint density at radius 3 is 2.95 bits per heavy atom. The maximum atomic E-state index is 11.8. The van der Waals surface area contributed by atoms with Crippen LogP contribution in [0.15, 0.2) is 18.2 Å². The highest BCUT2D eigenvalue weighted by Crippen LogP contribution is 2.28. The van der Waals surface area contributed by atoms with Crippen LogP contribution in [0.5, 0.6) is 0 Å². The molecular formula is C15H22N2O2. The molecule has 1 saturated carbocycles. The van der Waals surface area contributed by atoms with Crippen molar-refractivity contribution >= 4 is 17.3 Å². The van der Waals surface area contributed by atoms with E-state index >= 15 is 0 Å². The van der Waals surface area contributed by atoms with Crippen LogP contribution < -0.4 is 11.1 Å². The molecular weight excluding hydrogens is 240 g/mol. The Hall–Kier alpha value is -1.55. The third kappa shape index (κ3) is 4.91. The number of rotatable bonds is 7. The summed E-state index contributed by atoms with van der Waals surface area (Å²) in [4.78, 5) is 11.8. The predicted octanol–water partition coefficient (Wildman–Crippen LogP) is 2.72. The summed E-state index contributed by atoms with van der Waals surface area (Å²) in [6.07, 6.45) is 3.87. The Morgan fingerprint density at radius 2 is 2.26 bits per heavy atom. The summed E-state index contributed by atoms with van der Waals surface area (Å²) >= 11 is 0. The standard InChI is InChI=1S/C15H22N2O2/c1-11-9-13(16)6-7-14(11)17-15(18)3-2-8-19-10-12-4-5-12/h6-7,9,12H,2-5,8,10,16H2,1H3,(H,17,18). The van der Waals surface area contributed by atoms with E-state index in [1.807, 2.05) is 19.1 Å². The predicted molar refractivity (Wildman–Crippen MR) is 77.0 cm³/mol. The summed E-state index contributed by atoms with van der Waals surface area (Å²) in [5.74, 6) is 0.814. The van der Waals surface area contributed by atoms with Gasteiger partial charge in [-0.1, -0.05) is 0 Å². The van der Waals surface area contributed by atoms with Gasteiger partial charge >= 0.3 is 0 Å². The fourth-order valence-corrected chi connectivity index (χ4v) is 1.91. The molecule has 1 fully saturated rings. The lowest BCUT2D eigenvalue weighted by Gasteiger charge is -2.09. The zero-order valence-electron chi connectivity index (χ0n) is 11.4. The molecule has 0 aliphatic heterocycles. The van der Waals surface area contributed by atoms with E-state index in [9.17, 15) is 4.79 Å². The quantitative estimate of drug-likeness (QED) is 0.586. The highest BCUT2D eigenvalue weighted by atomic mass is 16.5. The largest absolute Gasteiger partial charge is 0.399 e. The molecule has 104 valence electrons. The summed E-state index contributed by atoms with van der Waals surface area (Å²) in [5, 5.41) is 2.90. The van der Waals surface area contributed by atoms with Crippen LogP contribution in [-0.2, 0) is 9.53 Å². The van der Waals surface area contributed by atoms with Crippen molar-refractivity contribution < 1.29 is 9.53 Å². The Bertz CT molecular complexity index is 442.